The van der Waals surface area contributed by atoms with Gasteiger partial charge in [0.2, 0.25) is 0 Å². The van der Waals surface area contributed by atoms with Gasteiger partial charge in [-0.1, -0.05) is 176 Å². The maximum Gasteiger partial charge on any atom is 0.164 e. The van der Waals surface area contributed by atoms with Crippen molar-refractivity contribution in [2.24, 2.45) is 0 Å². The average Bonchev–Trinajstić information content (AvgIpc) is 3.73. The largest absolute Gasteiger partial charge is 0.454 e. The summed E-state index contributed by atoms with van der Waals surface area (Å²) in [6.07, 6.45) is 4.33. The van der Waals surface area contributed by atoms with Gasteiger partial charge in [0.25, 0.3) is 0 Å². The minimum absolute atomic E-state index is 0.612. The van der Waals surface area contributed by atoms with Crippen molar-refractivity contribution >= 4 is 50.2 Å². The maximum atomic E-state index is 6.85. The Kier molecular flexibility index (Phi) is 8.42. The third-order valence-electron chi connectivity index (χ3n) is 11.9. The zero-order chi connectivity index (χ0) is 41.0. The fourth-order valence-corrected chi connectivity index (χ4v) is 8.73. The maximum absolute atomic E-state index is 6.85. The highest BCUT2D eigenvalue weighted by Crippen LogP contribution is 2.47. The van der Waals surface area contributed by atoms with E-state index in [0.29, 0.717) is 17.5 Å². The van der Waals surface area contributed by atoms with Crippen LogP contribution < -0.4 is 4.90 Å². The van der Waals surface area contributed by atoms with Crippen molar-refractivity contribution in [2.45, 2.75) is 0 Å². The average molecular weight is 793 g/mol. The molecule has 0 spiro atoms. The second kappa shape index (κ2) is 14.7. The van der Waals surface area contributed by atoms with Gasteiger partial charge in [0.05, 0.1) is 5.69 Å². The predicted molar refractivity (Wildman–Crippen MR) is 255 cm³/mol. The van der Waals surface area contributed by atoms with Crippen LogP contribution in [0.5, 0.6) is 0 Å². The topological polar surface area (TPSA) is 55.1 Å². The molecule has 0 bridgehead atoms. The monoisotopic (exact) mass is 792 g/mol. The number of fused-ring (bicyclic) bond motifs is 4. The first-order chi connectivity index (χ1) is 30.7. The van der Waals surface area contributed by atoms with Gasteiger partial charge >= 0.3 is 0 Å². The van der Waals surface area contributed by atoms with E-state index in [1.807, 2.05) is 18.2 Å². The van der Waals surface area contributed by atoms with Crippen LogP contribution in [0.4, 0.5) is 11.4 Å². The molecule has 290 valence electrons. The molecule has 5 heteroatoms. The molecule has 0 fully saturated rings. The van der Waals surface area contributed by atoms with E-state index in [1.165, 1.54) is 27.5 Å². The van der Waals surface area contributed by atoms with Crippen LogP contribution in [0.2, 0.25) is 0 Å². The quantitative estimate of drug-likeness (QED) is 0.161. The number of hydrogen-bond donors (Lipinski definition) is 0. The van der Waals surface area contributed by atoms with E-state index < -0.39 is 0 Å². The van der Waals surface area contributed by atoms with Gasteiger partial charge in [-0.15, -0.1) is 0 Å². The Morgan fingerprint density at radius 1 is 0.371 bits per heavy atom. The predicted octanol–water partition coefficient (Wildman–Crippen LogP) is 15.0. The molecule has 0 atom stereocenters. The van der Waals surface area contributed by atoms with Crippen molar-refractivity contribution < 1.29 is 4.42 Å². The molecule has 3 heterocycles. The van der Waals surface area contributed by atoms with Crippen LogP contribution >= 0.6 is 0 Å². The molecular weight excluding hydrogens is 757 g/mol. The Labute approximate surface area is 358 Å². The van der Waals surface area contributed by atoms with E-state index in [1.54, 1.807) is 0 Å². The summed E-state index contributed by atoms with van der Waals surface area (Å²) in [6, 6.07) is 71.9. The molecule has 1 aliphatic heterocycles. The van der Waals surface area contributed by atoms with E-state index in [4.69, 9.17) is 19.4 Å². The van der Waals surface area contributed by atoms with Crippen molar-refractivity contribution in [2.75, 3.05) is 4.90 Å². The number of aromatic nitrogens is 3. The van der Waals surface area contributed by atoms with Gasteiger partial charge in [-0.25, -0.2) is 15.0 Å². The Balaban J connectivity index is 0.919. The van der Waals surface area contributed by atoms with E-state index in [2.05, 4.69) is 205 Å². The summed E-state index contributed by atoms with van der Waals surface area (Å²) >= 11 is 0. The fraction of sp³-hybridized carbons (Fsp3) is 0. The van der Waals surface area contributed by atoms with Crippen molar-refractivity contribution in [1.29, 1.82) is 0 Å². The van der Waals surface area contributed by atoms with Crippen molar-refractivity contribution in [3.8, 4) is 67.5 Å². The summed E-state index contributed by atoms with van der Waals surface area (Å²) in [4.78, 5) is 17.4. The van der Waals surface area contributed by atoms with Gasteiger partial charge in [-0.3, -0.25) is 0 Å². The van der Waals surface area contributed by atoms with Crippen LogP contribution in [-0.2, 0) is 0 Å². The zero-order valence-electron chi connectivity index (χ0n) is 33.5. The first-order valence-corrected chi connectivity index (χ1v) is 20.8. The smallest absolute Gasteiger partial charge is 0.164 e. The minimum Gasteiger partial charge on any atom is -0.454 e. The lowest BCUT2D eigenvalue weighted by Gasteiger charge is -2.26. The van der Waals surface area contributed by atoms with E-state index in [-0.39, 0.29) is 0 Å². The number of rotatable bonds is 7. The molecule has 0 amide bonds. The Bertz CT molecular complexity index is 3370. The molecule has 0 radical (unpaired) electrons. The second-order valence-corrected chi connectivity index (χ2v) is 15.7. The Morgan fingerprint density at radius 2 is 0.839 bits per heavy atom. The molecule has 11 aromatic rings. The Hall–Kier alpha value is -8.41. The van der Waals surface area contributed by atoms with Gasteiger partial charge in [0.15, 0.2) is 23.1 Å². The van der Waals surface area contributed by atoms with Crippen LogP contribution in [0.1, 0.15) is 5.56 Å². The van der Waals surface area contributed by atoms with Gasteiger partial charge in [0.1, 0.15) is 5.58 Å². The van der Waals surface area contributed by atoms with Gasteiger partial charge in [-0.2, -0.15) is 0 Å². The summed E-state index contributed by atoms with van der Waals surface area (Å²) in [5.74, 6) is 1.86. The number of nitrogens with zero attached hydrogens (tertiary/aromatic N) is 4. The number of para-hydroxylation sites is 1. The van der Waals surface area contributed by atoms with Crippen molar-refractivity contribution in [3.05, 3.63) is 218 Å². The molecule has 62 heavy (non-hydrogen) atoms. The second-order valence-electron chi connectivity index (χ2n) is 15.7. The first-order valence-electron chi connectivity index (χ1n) is 20.8. The highest BCUT2D eigenvalue weighted by Gasteiger charge is 2.24. The van der Waals surface area contributed by atoms with E-state index in [0.717, 1.165) is 72.3 Å². The van der Waals surface area contributed by atoms with Gasteiger partial charge in [0, 0.05) is 44.7 Å². The molecule has 12 rings (SSSR count). The highest BCUT2D eigenvalue weighted by molar-refractivity contribution is 6.21. The highest BCUT2D eigenvalue weighted by atomic mass is 16.3. The first kappa shape index (κ1) is 35.5. The van der Waals surface area contributed by atoms with Gasteiger partial charge < -0.3 is 9.32 Å². The summed E-state index contributed by atoms with van der Waals surface area (Å²) in [6.45, 7) is 0. The van der Waals surface area contributed by atoms with Crippen LogP contribution in [0.25, 0.3) is 106 Å². The molecule has 1 aliphatic rings. The van der Waals surface area contributed by atoms with E-state index in [9.17, 15) is 0 Å². The van der Waals surface area contributed by atoms with Crippen LogP contribution in [0.3, 0.4) is 0 Å². The standard InChI is InChI=1S/C57H36N4O/c1-4-11-37(12-5-1)39-19-25-43(26-20-39)55-58-56(44-27-21-40(22-28-44)38-13-6-2-7-14-38)60-57(59-55)45-29-23-41(24-30-45)46-31-32-49-50-35-47-16-10-15-42-33-34-61(48-17-8-3-9-18-48)53(52(42)47)54(50)62-51(49)36-46/h1-36H. The van der Waals surface area contributed by atoms with Crippen molar-refractivity contribution in [3.63, 3.8) is 0 Å². The van der Waals surface area contributed by atoms with Crippen LogP contribution in [0.15, 0.2) is 217 Å². The summed E-state index contributed by atoms with van der Waals surface area (Å²) in [5, 5.41) is 4.57. The molecule has 0 saturated heterocycles. The molecule has 9 aromatic carbocycles. The van der Waals surface area contributed by atoms with Crippen LogP contribution in [0, 0.1) is 0 Å². The lowest BCUT2D eigenvalue weighted by molar-refractivity contribution is 0.669. The molecule has 0 saturated carbocycles. The van der Waals surface area contributed by atoms with Crippen LogP contribution in [-0.4, -0.2) is 15.0 Å². The summed E-state index contributed by atoms with van der Waals surface area (Å²) in [5.41, 5.74) is 14.6. The number of hydrogen-bond acceptors (Lipinski definition) is 5. The summed E-state index contributed by atoms with van der Waals surface area (Å²) in [7, 11) is 0. The molecule has 0 unspecified atom stereocenters. The molecular formula is C57H36N4O. The molecule has 5 nitrogen and oxygen atoms in total. The third-order valence-corrected chi connectivity index (χ3v) is 11.9. The summed E-state index contributed by atoms with van der Waals surface area (Å²) < 4.78 is 6.85. The lowest BCUT2D eigenvalue weighted by atomic mass is 9.96. The van der Waals surface area contributed by atoms with Gasteiger partial charge in [-0.05, 0) is 80.7 Å². The Morgan fingerprint density at radius 3 is 1.39 bits per heavy atom. The molecule has 0 aliphatic carbocycles. The normalized spacial score (nSPS) is 12.1. The fourth-order valence-electron chi connectivity index (χ4n) is 8.73. The SMILES string of the molecule is C1=CN(c2ccccc2)c2c3oc4cc(-c5ccc(-c6nc(-c7ccc(-c8ccccc8)cc7)nc(-c7ccc(-c8ccccc8)cc7)n6)cc5)ccc4c3cc3cccc1c23. The van der Waals surface area contributed by atoms with E-state index >= 15 is 0 Å². The van der Waals surface area contributed by atoms with Crippen molar-refractivity contribution in [1.82, 2.24) is 15.0 Å². The number of furan rings is 1. The molecule has 0 N–H and O–H groups in total. The number of benzene rings is 9. The minimum atomic E-state index is 0.612. The lowest BCUT2D eigenvalue weighted by Crippen LogP contribution is -2.12. The molecule has 2 aromatic heterocycles. The zero-order valence-corrected chi connectivity index (χ0v) is 33.5. The third kappa shape index (κ3) is 6.23. The number of anilines is 2.